The Bertz CT molecular complexity index is 893. The quantitative estimate of drug-likeness (QED) is 0.446. The molecule has 0 bridgehead atoms. The van der Waals surface area contributed by atoms with Gasteiger partial charge in [0.15, 0.2) is 0 Å². The van der Waals surface area contributed by atoms with Gasteiger partial charge in [-0.25, -0.2) is 5.48 Å². The summed E-state index contributed by atoms with van der Waals surface area (Å²) in [6.07, 6.45) is 6.36. The maximum absolute atomic E-state index is 13.2. The van der Waals surface area contributed by atoms with E-state index in [9.17, 15) is 9.59 Å². The molecule has 2 aromatic carbocycles. The van der Waals surface area contributed by atoms with Gasteiger partial charge >= 0.3 is 0 Å². The van der Waals surface area contributed by atoms with Gasteiger partial charge in [-0.15, -0.1) is 0 Å². The second-order valence-corrected chi connectivity index (χ2v) is 8.79. The first-order valence-electron chi connectivity index (χ1n) is 11.1. The number of ether oxygens (including phenoxy) is 1. The van der Waals surface area contributed by atoms with Crippen molar-refractivity contribution in [2.24, 2.45) is 11.3 Å². The zero-order chi connectivity index (χ0) is 21.7. The molecular weight excluding hydrogens is 392 g/mol. The first-order valence-corrected chi connectivity index (χ1v) is 11.1. The lowest BCUT2D eigenvalue weighted by Crippen LogP contribution is -2.43. The van der Waals surface area contributed by atoms with Crippen LogP contribution in [0.2, 0.25) is 0 Å². The Labute approximate surface area is 183 Å². The van der Waals surface area contributed by atoms with Crippen LogP contribution in [0.15, 0.2) is 54.6 Å². The second kappa shape index (κ2) is 9.52. The van der Waals surface area contributed by atoms with E-state index in [-0.39, 0.29) is 11.9 Å². The highest BCUT2D eigenvalue weighted by Crippen LogP contribution is 2.55. The van der Waals surface area contributed by atoms with Crippen molar-refractivity contribution in [1.29, 1.82) is 0 Å². The van der Waals surface area contributed by atoms with Crippen LogP contribution in [0.3, 0.4) is 0 Å². The van der Waals surface area contributed by atoms with Gasteiger partial charge in [-0.3, -0.25) is 14.8 Å². The van der Waals surface area contributed by atoms with Crippen molar-refractivity contribution in [1.82, 2.24) is 10.8 Å². The third-order valence-corrected chi connectivity index (χ3v) is 6.59. The highest BCUT2D eigenvalue weighted by Gasteiger charge is 2.63. The first kappa shape index (κ1) is 21.4. The fourth-order valence-electron chi connectivity index (χ4n) is 4.64. The SMILES string of the molecule is O=C(NO)C1CC1(Cc1ccc(OCc2ccccc2)cc1)C(=O)NC1CCCCC1. The molecule has 0 spiro atoms. The fourth-order valence-corrected chi connectivity index (χ4v) is 4.64. The predicted molar refractivity (Wildman–Crippen MR) is 116 cm³/mol. The molecule has 2 atom stereocenters. The molecule has 2 aliphatic carbocycles. The number of hydrogen-bond donors (Lipinski definition) is 3. The minimum Gasteiger partial charge on any atom is -0.489 e. The molecule has 4 rings (SSSR count). The molecule has 2 amide bonds. The summed E-state index contributed by atoms with van der Waals surface area (Å²) < 4.78 is 5.84. The van der Waals surface area contributed by atoms with Gasteiger partial charge in [0.1, 0.15) is 12.4 Å². The fraction of sp³-hybridized carbons (Fsp3) is 0.440. The highest BCUT2D eigenvalue weighted by molar-refractivity contribution is 5.96. The highest BCUT2D eigenvalue weighted by atomic mass is 16.5. The average molecular weight is 423 g/mol. The van der Waals surface area contributed by atoms with Crippen LogP contribution in [-0.2, 0) is 22.6 Å². The maximum Gasteiger partial charge on any atom is 0.247 e. The third kappa shape index (κ3) is 5.07. The van der Waals surface area contributed by atoms with Crippen LogP contribution in [0.4, 0.5) is 0 Å². The molecule has 0 radical (unpaired) electrons. The third-order valence-electron chi connectivity index (χ3n) is 6.59. The molecule has 0 aromatic heterocycles. The van der Waals surface area contributed by atoms with Crippen molar-refractivity contribution in [2.45, 2.75) is 57.6 Å². The second-order valence-electron chi connectivity index (χ2n) is 8.79. The Balaban J connectivity index is 1.41. The van der Waals surface area contributed by atoms with Gasteiger partial charge in [0.2, 0.25) is 11.8 Å². The number of rotatable bonds is 8. The maximum atomic E-state index is 13.2. The molecule has 2 unspecified atom stereocenters. The smallest absolute Gasteiger partial charge is 0.247 e. The van der Waals surface area contributed by atoms with Crippen LogP contribution in [-0.4, -0.2) is 23.1 Å². The van der Waals surface area contributed by atoms with Crippen LogP contribution in [0, 0.1) is 11.3 Å². The molecule has 6 heteroatoms. The zero-order valence-electron chi connectivity index (χ0n) is 17.7. The van der Waals surface area contributed by atoms with Crippen molar-refractivity contribution >= 4 is 11.8 Å². The molecule has 0 aliphatic heterocycles. The van der Waals surface area contributed by atoms with Crippen molar-refractivity contribution in [3.8, 4) is 5.75 Å². The van der Waals surface area contributed by atoms with Gasteiger partial charge in [-0.1, -0.05) is 61.7 Å². The van der Waals surface area contributed by atoms with E-state index in [1.807, 2.05) is 54.6 Å². The first-order chi connectivity index (χ1) is 15.1. The van der Waals surface area contributed by atoms with E-state index in [0.29, 0.717) is 19.4 Å². The van der Waals surface area contributed by atoms with Crippen molar-refractivity contribution in [3.63, 3.8) is 0 Å². The number of hydroxylamine groups is 1. The van der Waals surface area contributed by atoms with Crippen LogP contribution in [0.5, 0.6) is 5.75 Å². The van der Waals surface area contributed by atoms with Crippen LogP contribution >= 0.6 is 0 Å². The van der Waals surface area contributed by atoms with Crippen molar-refractivity contribution in [2.75, 3.05) is 0 Å². The van der Waals surface area contributed by atoms with E-state index in [0.717, 1.165) is 42.6 Å². The summed E-state index contributed by atoms with van der Waals surface area (Å²) >= 11 is 0. The standard InChI is InChI=1S/C25H30N2O4/c28-23(27-30)22-16-25(22,24(29)26-20-9-5-2-6-10-20)15-18-11-13-21(14-12-18)31-17-19-7-3-1-4-8-19/h1,3-4,7-8,11-14,20,22,30H,2,5-6,9-10,15-17H2,(H,26,29)(H,27,28). The largest absolute Gasteiger partial charge is 0.489 e. The molecule has 2 aliphatic rings. The van der Waals surface area contributed by atoms with Gasteiger partial charge in [-0.2, -0.15) is 0 Å². The van der Waals surface area contributed by atoms with E-state index in [4.69, 9.17) is 9.94 Å². The molecule has 0 saturated heterocycles. The molecule has 3 N–H and O–H groups in total. The predicted octanol–water partition coefficient (Wildman–Crippen LogP) is 3.77. The van der Waals surface area contributed by atoms with Gasteiger partial charge in [0.05, 0.1) is 11.3 Å². The molecule has 31 heavy (non-hydrogen) atoms. The Morgan fingerprint density at radius 2 is 1.68 bits per heavy atom. The Kier molecular flexibility index (Phi) is 6.56. The summed E-state index contributed by atoms with van der Waals surface area (Å²) in [5, 5.41) is 12.3. The van der Waals surface area contributed by atoms with Gasteiger partial charge in [0, 0.05) is 6.04 Å². The monoisotopic (exact) mass is 422 g/mol. The lowest BCUT2D eigenvalue weighted by Gasteiger charge is -2.26. The summed E-state index contributed by atoms with van der Waals surface area (Å²) in [6.45, 7) is 0.493. The summed E-state index contributed by atoms with van der Waals surface area (Å²) in [7, 11) is 0. The minimum atomic E-state index is -0.795. The molecule has 164 valence electrons. The molecule has 0 heterocycles. The minimum absolute atomic E-state index is 0.0718. The average Bonchev–Trinajstić information content (AvgIpc) is 3.55. The number of carbonyl (C=O) groups excluding carboxylic acids is 2. The van der Waals surface area contributed by atoms with Gasteiger partial charge in [-0.05, 0) is 48.9 Å². The molecule has 6 nitrogen and oxygen atoms in total. The summed E-state index contributed by atoms with van der Waals surface area (Å²) in [4.78, 5) is 25.2. The molecular formula is C25H30N2O4. The van der Waals surface area contributed by atoms with E-state index in [1.165, 1.54) is 6.42 Å². The zero-order valence-corrected chi connectivity index (χ0v) is 17.7. The van der Waals surface area contributed by atoms with Crippen molar-refractivity contribution < 1.29 is 19.5 Å². The van der Waals surface area contributed by atoms with E-state index in [1.54, 1.807) is 5.48 Å². The summed E-state index contributed by atoms with van der Waals surface area (Å²) in [5.41, 5.74) is 3.00. The number of amides is 2. The topological polar surface area (TPSA) is 87.7 Å². The molecule has 2 aromatic rings. The summed E-state index contributed by atoms with van der Waals surface area (Å²) in [5.74, 6) is -0.303. The van der Waals surface area contributed by atoms with E-state index < -0.39 is 17.2 Å². The number of hydrogen-bond acceptors (Lipinski definition) is 4. The van der Waals surface area contributed by atoms with E-state index >= 15 is 0 Å². The number of carbonyl (C=O) groups is 2. The lowest BCUT2D eigenvalue weighted by atomic mass is 9.90. The molecule has 2 saturated carbocycles. The van der Waals surface area contributed by atoms with Crippen LogP contribution in [0.25, 0.3) is 0 Å². The Hall–Kier alpha value is -2.86. The van der Waals surface area contributed by atoms with Crippen LogP contribution in [0.1, 0.15) is 49.7 Å². The van der Waals surface area contributed by atoms with Crippen LogP contribution < -0.4 is 15.5 Å². The lowest BCUT2D eigenvalue weighted by molar-refractivity contribution is -0.135. The van der Waals surface area contributed by atoms with Gasteiger partial charge in [0.25, 0.3) is 0 Å². The Morgan fingerprint density at radius 1 is 0.968 bits per heavy atom. The van der Waals surface area contributed by atoms with E-state index in [2.05, 4.69) is 5.32 Å². The number of nitrogens with one attached hydrogen (secondary N) is 2. The Morgan fingerprint density at radius 3 is 2.35 bits per heavy atom. The summed E-state index contributed by atoms with van der Waals surface area (Å²) in [6, 6.07) is 17.8. The van der Waals surface area contributed by atoms with Gasteiger partial charge < -0.3 is 10.1 Å². The van der Waals surface area contributed by atoms with Crippen molar-refractivity contribution in [3.05, 3.63) is 65.7 Å². The normalized spacial score (nSPS) is 23.1. The number of benzene rings is 2. The molecule has 2 fully saturated rings.